The molecular formula is C24H22Cl2N2Zr. The molecule has 0 saturated heterocycles. The van der Waals surface area contributed by atoms with Crippen LogP contribution in [-0.4, -0.2) is 9.55 Å². The summed E-state index contributed by atoms with van der Waals surface area (Å²) < 4.78 is 2.13. The summed E-state index contributed by atoms with van der Waals surface area (Å²) in [5.41, 5.74) is 4.74. The number of fused-ring (bicyclic) bond motifs is 2. The third kappa shape index (κ3) is 5.98. The number of nitrogens with zero attached hydrogens (tertiary/aromatic N) is 2. The fraction of sp³-hybridized carbons (Fsp3) is 0.167. The van der Waals surface area contributed by atoms with E-state index in [-0.39, 0.29) is 51.0 Å². The fourth-order valence-corrected chi connectivity index (χ4v) is 3.33. The summed E-state index contributed by atoms with van der Waals surface area (Å²) in [4.78, 5) is 4.43. The van der Waals surface area contributed by atoms with Gasteiger partial charge in [-0.3, -0.25) is 6.08 Å². The van der Waals surface area contributed by atoms with Gasteiger partial charge < -0.3 is 29.4 Å². The van der Waals surface area contributed by atoms with Crippen LogP contribution in [0.25, 0.3) is 27.5 Å². The van der Waals surface area contributed by atoms with E-state index < -0.39 is 0 Å². The molecule has 0 bridgehead atoms. The van der Waals surface area contributed by atoms with E-state index in [2.05, 4.69) is 77.2 Å². The first-order valence-electron chi connectivity index (χ1n) is 9.19. The first kappa shape index (κ1) is 25.5. The van der Waals surface area contributed by atoms with Crippen LogP contribution in [0.3, 0.4) is 0 Å². The van der Waals surface area contributed by atoms with Gasteiger partial charge in [0.25, 0.3) is 0 Å². The molecule has 0 fully saturated rings. The van der Waals surface area contributed by atoms with Gasteiger partial charge in [-0.1, -0.05) is 38.0 Å². The van der Waals surface area contributed by atoms with Crippen LogP contribution in [0.2, 0.25) is 0 Å². The molecule has 0 unspecified atom stereocenters. The number of rotatable bonds is 3. The second-order valence-corrected chi connectivity index (χ2v) is 6.50. The third-order valence-electron chi connectivity index (χ3n) is 4.62. The molecule has 0 radical (unpaired) electrons. The number of imidazole rings is 1. The van der Waals surface area contributed by atoms with Crippen molar-refractivity contribution in [2.75, 3.05) is 0 Å². The predicted octanol–water partition coefficient (Wildman–Crippen LogP) is 0.379. The number of hydrogen-bond acceptors (Lipinski definition) is 1. The second kappa shape index (κ2) is 12.2. The summed E-state index contributed by atoms with van der Waals surface area (Å²) in [6.45, 7) is 2.20. The van der Waals surface area contributed by atoms with Crippen LogP contribution in [0.1, 0.15) is 26.2 Å². The van der Waals surface area contributed by atoms with Gasteiger partial charge in [0.05, 0.1) is 17.4 Å². The van der Waals surface area contributed by atoms with Crippen LogP contribution >= 0.6 is 0 Å². The Bertz CT molecular complexity index is 1060. The largest absolute Gasteiger partial charge is 4.00 e. The molecule has 1 heterocycles. The fourth-order valence-electron chi connectivity index (χ4n) is 3.33. The third-order valence-corrected chi connectivity index (χ3v) is 4.62. The average molecular weight is 501 g/mol. The molecule has 2 nitrogen and oxygen atoms in total. The maximum Gasteiger partial charge on any atom is 4.00 e. The van der Waals surface area contributed by atoms with E-state index in [1.54, 1.807) is 0 Å². The van der Waals surface area contributed by atoms with Crippen molar-refractivity contribution in [2.45, 2.75) is 26.2 Å². The van der Waals surface area contributed by atoms with E-state index in [0.29, 0.717) is 0 Å². The average Bonchev–Trinajstić information content (AvgIpc) is 3.41. The van der Waals surface area contributed by atoms with Crippen LogP contribution in [0.5, 0.6) is 0 Å². The van der Waals surface area contributed by atoms with Gasteiger partial charge in [0, 0.05) is 0 Å². The molecular weight excluding hydrogens is 478 g/mol. The van der Waals surface area contributed by atoms with Crippen molar-refractivity contribution in [3.05, 3.63) is 90.8 Å². The van der Waals surface area contributed by atoms with Crippen molar-refractivity contribution in [1.82, 2.24) is 9.55 Å². The summed E-state index contributed by atoms with van der Waals surface area (Å²) in [7, 11) is 0. The summed E-state index contributed by atoms with van der Waals surface area (Å²) in [5, 5.41) is 2.54. The topological polar surface area (TPSA) is 17.8 Å². The van der Waals surface area contributed by atoms with Gasteiger partial charge >= 0.3 is 26.2 Å². The van der Waals surface area contributed by atoms with Gasteiger partial charge in [-0.25, -0.2) is 16.6 Å². The van der Waals surface area contributed by atoms with Crippen LogP contribution in [0.15, 0.2) is 84.7 Å². The van der Waals surface area contributed by atoms with E-state index in [1.807, 2.05) is 24.5 Å². The molecule has 0 aliphatic heterocycles. The van der Waals surface area contributed by atoms with E-state index in [0.717, 1.165) is 17.5 Å². The van der Waals surface area contributed by atoms with Gasteiger partial charge in [0.1, 0.15) is 0 Å². The first-order valence-corrected chi connectivity index (χ1v) is 9.19. The molecule has 4 aromatic rings. The van der Waals surface area contributed by atoms with Crippen LogP contribution in [0, 0.1) is 6.08 Å². The first-order chi connectivity index (χ1) is 12.8. The van der Waals surface area contributed by atoms with E-state index in [9.17, 15) is 0 Å². The molecule has 0 N–H and O–H groups in total. The predicted molar refractivity (Wildman–Crippen MR) is 110 cm³/mol. The number of para-hydroxylation sites is 2. The molecule has 146 valence electrons. The number of aromatic nitrogens is 2. The van der Waals surface area contributed by atoms with Crippen molar-refractivity contribution in [3.63, 3.8) is 0 Å². The smallest absolute Gasteiger partial charge is 1.00 e. The van der Waals surface area contributed by atoms with Gasteiger partial charge in [0.15, 0.2) is 0 Å². The van der Waals surface area contributed by atoms with Gasteiger partial charge in [-0.05, 0) is 17.8 Å². The Morgan fingerprint density at radius 1 is 1.07 bits per heavy atom. The quantitative estimate of drug-likeness (QED) is 0.372. The Kier molecular flexibility index (Phi) is 10.7. The zero-order chi connectivity index (χ0) is 17.8. The minimum atomic E-state index is 0. The minimum absolute atomic E-state index is 0. The molecule has 1 aliphatic carbocycles. The van der Waals surface area contributed by atoms with Gasteiger partial charge in [-0.2, -0.15) is 6.08 Å². The van der Waals surface area contributed by atoms with E-state index >= 15 is 0 Å². The standard InChI is InChI=1S/C16H11N2.C8H11.2ClH.Zr/c1-2-6-13-10-14(9-12(13)5-1)18-11-17-15-7-3-4-8-16(15)18;1-2-5-8-6-3-4-7-8;;;/h1-11H;3,6H,2,4-5H2,1H3;2*1H;/q2*-1;;;+4/p-2. The monoisotopic (exact) mass is 498 g/mol. The molecule has 5 heteroatoms. The number of halogens is 2. The van der Waals surface area contributed by atoms with Crippen molar-refractivity contribution < 1.29 is 51.0 Å². The Hall–Kier alpha value is -1.54. The van der Waals surface area contributed by atoms with Crippen molar-refractivity contribution in [2.24, 2.45) is 0 Å². The van der Waals surface area contributed by atoms with Gasteiger partial charge in [0.2, 0.25) is 0 Å². The second-order valence-electron chi connectivity index (χ2n) is 6.50. The maximum absolute atomic E-state index is 4.43. The summed E-state index contributed by atoms with van der Waals surface area (Å²) in [5.74, 6) is 0. The minimum Gasteiger partial charge on any atom is -1.00 e. The molecule has 3 aromatic carbocycles. The molecule has 0 amide bonds. The Balaban J connectivity index is 0.000000332. The van der Waals surface area contributed by atoms with Crippen molar-refractivity contribution in [3.8, 4) is 5.69 Å². The SMILES string of the molecule is CCCC1=[C-]CC=C1.[Cl-].[Cl-].[Zr+4].c1ccc2[cH-]c(-n3cnc4ccccc43)cc2c1. The molecule has 0 spiro atoms. The zero-order valence-corrected chi connectivity index (χ0v) is 20.2. The normalized spacial score (nSPS) is 11.7. The molecule has 29 heavy (non-hydrogen) atoms. The molecule has 5 rings (SSSR count). The summed E-state index contributed by atoms with van der Waals surface area (Å²) in [6, 6.07) is 21.0. The Morgan fingerprint density at radius 2 is 1.83 bits per heavy atom. The van der Waals surface area contributed by atoms with E-state index in [4.69, 9.17) is 0 Å². The molecule has 0 atom stereocenters. The number of hydrogen-bond donors (Lipinski definition) is 0. The number of allylic oxidation sites excluding steroid dienone is 4. The summed E-state index contributed by atoms with van der Waals surface area (Å²) in [6.07, 6.45) is 13.0. The molecule has 1 aliphatic rings. The van der Waals surface area contributed by atoms with Crippen LogP contribution in [-0.2, 0) is 26.2 Å². The maximum atomic E-state index is 4.43. The van der Waals surface area contributed by atoms with Crippen molar-refractivity contribution >= 4 is 21.8 Å². The van der Waals surface area contributed by atoms with Crippen LogP contribution in [0.4, 0.5) is 0 Å². The van der Waals surface area contributed by atoms with Gasteiger partial charge in [-0.15, -0.1) is 47.5 Å². The Morgan fingerprint density at radius 3 is 2.55 bits per heavy atom. The molecule has 0 saturated carbocycles. The van der Waals surface area contributed by atoms with Crippen LogP contribution < -0.4 is 24.8 Å². The summed E-state index contributed by atoms with van der Waals surface area (Å²) >= 11 is 0. The van der Waals surface area contributed by atoms with Crippen molar-refractivity contribution in [1.29, 1.82) is 0 Å². The molecule has 1 aromatic heterocycles. The number of benzene rings is 2. The zero-order valence-electron chi connectivity index (χ0n) is 16.3. The Labute approximate surface area is 204 Å². The van der Waals surface area contributed by atoms with E-state index in [1.165, 1.54) is 34.9 Å².